The molecule has 0 spiro atoms. The first-order valence-corrected chi connectivity index (χ1v) is 9.20. The zero-order valence-corrected chi connectivity index (χ0v) is 13.9. The van der Waals surface area contributed by atoms with Gasteiger partial charge in [0.05, 0.1) is 5.69 Å². The second-order valence-electron chi connectivity index (χ2n) is 7.70. The molecule has 4 heterocycles. The first-order valence-electron chi connectivity index (χ1n) is 9.20. The molecule has 4 fully saturated rings. The zero-order valence-electron chi connectivity index (χ0n) is 13.9. The lowest BCUT2D eigenvalue weighted by Gasteiger charge is -2.36. The molecule has 0 amide bonds. The van der Waals surface area contributed by atoms with E-state index in [-0.39, 0.29) is 0 Å². The molecule has 3 aliphatic heterocycles. The van der Waals surface area contributed by atoms with Crippen molar-refractivity contribution in [2.24, 2.45) is 11.8 Å². The third kappa shape index (κ3) is 3.36. The molecule has 0 unspecified atom stereocenters. The summed E-state index contributed by atoms with van der Waals surface area (Å²) in [6.45, 7) is 8.47. The van der Waals surface area contributed by atoms with E-state index >= 15 is 0 Å². The minimum Gasteiger partial charge on any atom is -0.299 e. The third-order valence-electron chi connectivity index (χ3n) is 5.77. The molecule has 3 heteroatoms. The van der Waals surface area contributed by atoms with E-state index in [0.717, 1.165) is 30.8 Å². The lowest BCUT2D eigenvalue weighted by Crippen LogP contribution is -2.44. The van der Waals surface area contributed by atoms with Crippen molar-refractivity contribution in [1.29, 1.82) is 0 Å². The molecule has 0 aromatic carbocycles. The van der Waals surface area contributed by atoms with Crippen LogP contribution in [0.3, 0.4) is 0 Å². The zero-order chi connectivity index (χ0) is 14.9. The van der Waals surface area contributed by atoms with Gasteiger partial charge in [-0.25, -0.2) is 0 Å². The number of piperidine rings is 1. The Morgan fingerprint density at radius 1 is 1.09 bits per heavy atom. The molecule has 1 saturated carbocycles. The number of fused-ring (bicyclic) bond motifs is 4. The molecule has 3 saturated heterocycles. The number of aromatic nitrogens is 1. The minimum absolute atomic E-state index is 0.800. The maximum atomic E-state index is 4.67. The third-order valence-corrected chi connectivity index (χ3v) is 5.77. The van der Waals surface area contributed by atoms with Crippen LogP contribution in [0.5, 0.6) is 0 Å². The van der Waals surface area contributed by atoms with Gasteiger partial charge in [0.2, 0.25) is 0 Å². The van der Waals surface area contributed by atoms with Gasteiger partial charge >= 0.3 is 0 Å². The summed E-state index contributed by atoms with van der Waals surface area (Å²) in [5.74, 6) is 1.91. The number of rotatable bonds is 5. The lowest BCUT2D eigenvalue weighted by atomic mass is 9.95. The van der Waals surface area contributed by atoms with Crippen molar-refractivity contribution in [3.05, 3.63) is 29.6 Å². The van der Waals surface area contributed by atoms with Crippen LogP contribution >= 0.6 is 0 Å². The van der Waals surface area contributed by atoms with Gasteiger partial charge in [0.1, 0.15) is 0 Å². The van der Waals surface area contributed by atoms with Crippen molar-refractivity contribution in [2.45, 2.75) is 51.6 Å². The van der Waals surface area contributed by atoms with Crippen LogP contribution in [0.15, 0.2) is 18.3 Å². The standard InChI is InChI=1S/C19H29N3/c1-2-15-5-7-18(20-9-15)13-21-10-17-6-8-19(14-21)22(12-17)11-16-3-4-16/h5,7,9,16-17,19H,2-4,6,8,10-14H2,1H3/t17-,19+/m0/s1. The molecule has 0 N–H and O–H groups in total. The fourth-order valence-electron chi connectivity index (χ4n) is 4.25. The van der Waals surface area contributed by atoms with Gasteiger partial charge in [0.25, 0.3) is 0 Å². The van der Waals surface area contributed by atoms with Gasteiger partial charge < -0.3 is 0 Å². The molecule has 1 aromatic rings. The summed E-state index contributed by atoms with van der Waals surface area (Å²) in [7, 11) is 0. The fourth-order valence-corrected chi connectivity index (χ4v) is 4.25. The highest BCUT2D eigenvalue weighted by atomic mass is 15.3. The molecule has 1 aromatic heterocycles. The van der Waals surface area contributed by atoms with Crippen molar-refractivity contribution >= 4 is 0 Å². The molecular formula is C19H29N3. The predicted octanol–water partition coefficient (Wildman–Crippen LogP) is 2.95. The largest absolute Gasteiger partial charge is 0.299 e. The highest BCUT2D eigenvalue weighted by molar-refractivity contribution is 5.14. The monoisotopic (exact) mass is 299 g/mol. The normalized spacial score (nSPS) is 29.7. The Hall–Kier alpha value is -0.930. The van der Waals surface area contributed by atoms with Crippen molar-refractivity contribution in [1.82, 2.24) is 14.8 Å². The van der Waals surface area contributed by atoms with Gasteiger partial charge in [-0.1, -0.05) is 13.0 Å². The van der Waals surface area contributed by atoms with Crippen LogP contribution in [0.1, 0.15) is 43.9 Å². The molecule has 22 heavy (non-hydrogen) atoms. The highest BCUT2D eigenvalue weighted by Crippen LogP contribution is 2.35. The van der Waals surface area contributed by atoms with Crippen molar-refractivity contribution < 1.29 is 0 Å². The second-order valence-corrected chi connectivity index (χ2v) is 7.70. The van der Waals surface area contributed by atoms with Crippen LogP contribution in [0, 0.1) is 11.8 Å². The summed E-state index contributed by atoms with van der Waals surface area (Å²) >= 11 is 0. The summed E-state index contributed by atoms with van der Waals surface area (Å²) < 4.78 is 0. The summed E-state index contributed by atoms with van der Waals surface area (Å²) in [5.41, 5.74) is 2.59. The first kappa shape index (κ1) is 14.6. The van der Waals surface area contributed by atoms with E-state index in [0.29, 0.717) is 0 Å². The van der Waals surface area contributed by atoms with E-state index < -0.39 is 0 Å². The van der Waals surface area contributed by atoms with Crippen LogP contribution in [0.2, 0.25) is 0 Å². The van der Waals surface area contributed by atoms with Crippen molar-refractivity contribution in [3.8, 4) is 0 Å². The molecule has 2 bridgehead atoms. The van der Waals surface area contributed by atoms with Crippen LogP contribution in [0.4, 0.5) is 0 Å². The minimum atomic E-state index is 0.800. The van der Waals surface area contributed by atoms with Crippen molar-refractivity contribution in [3.63, 3.8) is 0 Å². The topological polar surface area (TPSA) is 19.4 Å². The van der Waals surface area contributed by atoms with Gasteiger partial charge in [0, 0.05) is 45.0 Å². The lowest BCUT2D eigenvalue weighted by molar-refractivity contribution is 0.125. The molecule has 5 rings (SSSR count). The summed E-state index contributed by atoms with van der Waals surface area (Å²) in [6, 6.07) is 5.27. The summed E-state index contributed by atoms with van der Waals surface area (Å²) in [6.07, 6.45) is 8.94. The Balaban J connectivity index is 1.40. The van der Waals surface area contributed by atoms with E-state index in [1.807, 2.05) is 0 Å². The van der Waals surface area contributed by atoms with E-state index in [1.165, 1.54) is 63.1 Å². The Kier molecular flexibility index (Phi) is 4.19. The molecule has 0 radical (unpaired) electrons. The van der Waals surface area contributed by atoms with Crippen LogP contribution < -0.4 is 0 Å². The Morgan fingerprint density at radius 2 is 2.00 bits per heavy atom. The Labute approximate surface area is 134 Å². The molecule has 2 atom stereocenters. The van der Waals surface area contributed by atoms with Crippen molar-refractivity contribution in [2.75, 3.05) is 26.2 Å². The van der Waals surface area contributed by atoms with E-state index in [9.17, 15) is 0 Å². The molecule has 1 aliphatic carbocycles. The molecular weight excluding hydrogens is 270 g/mol. The number of pyridine rings is 1. The van der Waals surface area contributed by atoms with Gasteiger partial charge in [-0.05, 0) is 55.6 Å². The Bertz CT molecular complexity index is 494. The number of hydrogen-bond acceptors (Lipinski definition) is 3. The average Bonchev–Trinajstić information content (AvgIpc) is 3.36. The smallest absolute Gasteiger partial charge is 0.0544 e. The number of nitrogens with zero attached hydrogens (tertiary/aromatic N) is 3. The van der Waals surface area contributed by atoms with Gasteiger partial charge in [0.15, 0.2) is 0 Å². The quantitative estimate of drug-likeness (QED) is 0.833. The maximum absolute atomic E-state index is 4.67. The highest BCUT2D eigenvalue weighted by Gasteiger charge is 2.37. The molecule has 120 valence electrons. The van der Waals surface area contributed by atoms with Gasteiger partial charge in [-0.3, -0.25) is 14.8 Å². The van der Waals surface area contributed by atoms with Gasteiger partial charge in [-0.15, -0.1) is 0 Å². The Morgan fingerprint density at radius 3 is 2.73 bits per heavy atom. The molecule has 3 nitrogen and oxygen atoms in total. The van der Waals surface area contributed by atoms with E-state index in [1.54, 1.807) is 0 Å². The fraction of sp³-hybridized carbons (Fsp3) is 0.737. The predicted molar refractivity (Wildman–Crippen MR) is 89.7 cm³/mol. The SMILES string of the molecule is CCc1ccc(CN2C[C@@H]3CC[C@H](C2)N(CC2CC2)C3)nc1. The average molecular weight is 299 g/mol. The summed E-state index contributed by atoms with van der Waals surface area (Å²) in [4.78, 5) is 10.2. The van der Waals surface area contributed by atoms with E-state index in [4.69, 9.17) is 0 Å². The van der Waals surface area contributed by atoms with Gasteiger partial charge in [-0.2, -0.15) is 0 Å². The van der Waals surface area contributed by atoms with Crippen LogP contribution in [0.25, 0.3) is 0 Å². The number of hydrogen-bond donors (Lipinski definition) is 0. The van der Waals surface area contributed by atoms with Crippen LogP contribution in [-0.2, 0) is 13.0 Å². The maximum Gasteiger partial charge on any atom is 0.0544 e. The first-order chi connectivity index (χ1) is 10.8. The summed E-state index contributed by atoms with van der Waals surface area (Å²) in [5, 5.41) is 0. The van der Waals surface area contributed by atoms with Crippen LogP contribution in [-0.4, -0.2) is 47.0 Å². The molecule has 4 aliphatic rings. The second kappa shape index (κ2) is 6.29. The van der Waals surface area contributed by atoms with E-state index in [2.05, 4.69) is 40.0 Å². The number of aryl methyl sites for hydroxylation is 1.